The molecular weight excluding hydrogens is 212 g/mol. The first-order valence-electron chi connectivity index (χ1n) is 6.53. The van der Waals surface area contributed by atoms with Crippen LogP contribution in [0.25, 0.3) is 0 Å². The molecule has 3 atom stereocenters. The van der Waals surface area contributed by atoms with E-state index in [9.17, 15) is 5.11 Å². The zero-order valence-electron chi connectivity index (χ0n) is 10.5. The topological polar surface area (TPSA) is 29.5 Å². The van der Waals surface area contributed by atoms with Crippen LogP contribution in [0.2, 0.25) is 0 Å². The van der Waals surface area contributed by atoms with Crippen LogP contribution in [0, 0.1) is 5.92 Å². The number of ether oxygens (including phenoxy) is 1. The lowest BCUT2D eigenvalue weighted by atomic mass is 9.76. The molecule has 0 bridgehead atoms. The molecule has 0 aromatic heterocycles. The number of aliphatic hydroxyl groups excluding tert-OH is 1. The summed E-state index contributed by atoms with van der Waals surface area (Å²) in [5.74, 6) is 0.984. The number of aliphatic hydroxyl groups is 1. The first-order chi connectivity index (χ1) is 8.31. The zero-order valence-corrected chi connectivity index (χ0v) is 10.5. The quantitative estimate of drug-likeness (QED) is 0.868. The van der Waals surface area contributed by atoms with E-state index in [1.54, 1.807) is 7.11 Å². The van der Waals surface area contributed by atoms with E-state index in [0.29, 0.717) is 11.8 Å². The molecule has 94 valence electrons. The fraction of sp³-hybridized carbons (Fsp3) is 0.600. The maximum atomic E-state index is 9.80. The Bertz CT molecular complexity index is 323. The number of hydrogen-bond acceptors (Lipinski definition) is 2. The van der Waals surface area contributed by atoms with Gasteiger partial charge in [0.2, 0.25) is 0 Å². The van der Waals surface area contributed by atoms with Crippen LogP contribution in [-0.4, -0.2) is 24.9 Å². The van der Waals surface area contributed by atoms with Crippen LogP contribution in [-0.2, 0) is 4.74 Å². The summed E-state index contributed by atoms with van der Waals surface area (Å²) in [6, 6.07) is 10.5. The Morgan fingerprint density at radius 1 is 1.29 bits per heavy atom. The predicted molar refractivity (Wildman–Crippen MR) is 69.0 cm³/mol. The van der Waals surface area contributed by atoms with Crippen molar-refractivity contribution in [2.45, 2.75) is 37.7 Å². The van der Waals surface area contributed by atoms with E-state index in [4.69, 9.17) is 4.74 Å². The molecule has 1 aromatic rings. The van der Waals surface area contributed by atoms with Gasteiger partial charge in [0.05, 0.1) is 12.7 Å². The van der Waals surface area contributed by atoms with E-state index >= 15 is 0 Å². The van der Waals surface area contributed by atoms with Gasteiger partial charge in [0.25, 0.3) is 0 Å². The van der Waals surface area contributed by atoms with Crippen LogP contribution in [0.3, 0.4) is 0 Å². The lowest BCUT2D eigenvalue weighted by Gasteiger charge is -2.32. The average Bonchev–Trinajstić information content (AvgIpc) is 2.37. The van der Waals surface area contributed by atoms with Crippen molar-refractivity contribution in [3.05, 3.63) is 35.9 Å². The third-order valence-electron chi connectivity index (χ3n) is 3.83. The van der Waals surface area contributed by atoms with Crippen molar-refractivity contribution in [1.82, 2.24) is 0 Å². The minimum Gasteiger partial charge on any atom is -0.393 e. The molecule has 17 heavy (non-hydrogen) atoms. The van der Waals surface area contributed by atoms with Crippen molar-refractivity contribution in [2.75, 3.05) is 13.7 Å². The van der Waals surface area contributed by atoms with Gasteiger partial charge in [-0.3, -0.25) is 0 Å². The maximum absolute atomic E-state index is 9.80. The van der Waals surface area contributed by atoms with Crippen molar-refractivity contribution in [3.63, 3.8) is 0 Å². The highest BCUT2D eigenvalue weighted by molar-refractivity contribution is 5.20. The Hall–Kier alpha value is -0.860. The van der Waals surface area contributed by atoms with Crippen LogP contribution in [0.4, 0.5) is 0 Å². The molecule has 1 fully saturated rings. The standard InChI is InChI=1S/C15H22O2/c1-17-11-15(12-6-3-2-4-7-12)13-8-5-9-14(16)10-13/h2-4,6-7,13-16H,5,8-11H2,1H3/t13-,14-,15-/m1/s1. The maximum Gasteiger partial charge on any atom is 0.0543 e. The molecule has 0 unspecified atom stereocenters. The molecule has 2 heteroatoms. The molecule has 1 aliphatic carbocycles. The SMILES string of the molecule is COC[C@H](c1ccccc1)[C@@H]1CCC[C@@H](O)C1. The molecule has 1 aliphatic rings. The van der Waals surface area contributed by atoms with Crippen molar-refractivity contribution in [3.8, 4) is 0 Å². The normalized spacial score (nSPS) is 26.7. The number of hydrogen-bond donors (Lipinski definition) is 1. The third kappa shape index (κ3) is 3.30. The van der Waals surface area contributed by atoms with E-state index in [-0.39, 0.29) is 6.10 Å². The lowest BCUT2D eigenvalue weighted by molar-refractivity contribution is 0.0720. The number of methoxy groups -OCH3 is 1. The Balaban J connectivity index is 2.11. The summed E-state index contributed by atoms with van der Waals surface area (Å²) < 4.78 is 5.37. The summed E-state index contributed by atoms with van der Waals surface area (Å²) in [4.78, 5) is 0. The van der Waals surface area contributed by atoms with Crippen LogP contribution in [0.1, 0.15) is 37.2 Å². The van der Waals surface area contributed by atoms with Gasteiger partial charge in [-0.15, -0.1) is 0 Å². The minimum atomic E-state index is -0.114. The average molecular weight is 234 g/mol. The second kappa shape index (κ2) is 6.18. The molecule has 0 spiro atoms. The lowest BCUT2D eigenvalue weighted by Crippen LogP contribution is -2.26. The van der Waals surface area contributed by atoms with Crippen molar-refractivity contribution in [1.29, 1.82) is 0 Å². The van der Waals surface area contributed by atoms with Gasteiger partial charge in [0.15, 0.2) is 0 Å². The summed E-state index contributed by atoms with van der Waals surface area (Å²) in [6.07, 6.45) is 4.11. The Morgan fingerprint density at radius 2 is 2.06 bits per heavy atom. The zero-order chi connectivity index (χ0) is 12.1. The van der Waals surface area contributed by atoms with Gasteiger partial charge in [0, 0.05) is 13.0 Å². The summed E-state index contributed by atoms with van der Waals surface area (Å²) >= 11 is 0. The van der Waals surface area contributed by atoms with Gasteiger partial charge < -0.3 is 9.84 Å². The fourth-order valence-electron chi connectivity index (χ4n) is 2.95. The predicted octanol–water partition coefficient (Wildman–Crippen LogP) is 2.97. The highest BCUT2D eigenvalue weighted by Gasteiger charge is 2.28. The monoisotopic (exact) mass is 234 g/mol. The first kappa shape index (κ1) is 12.6. The summed E-state index contributed by atoms with van der Waals surface area (Å²) in [5.41, 5.74) is 1.34. The summed E-state index contributed by atoms with van der Waals surface area (Å²) in [6.45, 7) is 0.751. The van der Waals surface area contributed by atoms with E-state index < -0.39 is 0 Å². The Kier molecular flexibility index (Phi) is 4.57. The molecule has 0 aliphatic heterocycles. The number of rotatable bonds is 4. The first-order valence-corrected chi connectivity index (χ1v) is 6.53. The second-order valence-electron chi connectivity index (χ2n) is 5.05. The van der Waals surface area contributed by atoms with Crippen LogP contribution in [0.15, 0.2) is 30.3 Å². The van der Waals surface area contributed by atoms with Gasteiger partial charge in [-0.1, -0.05) is 36.8 Å². The van der Waals surface area contributed by atoms with Gasteiger partial charge >= 0.3 is 0 Å². The van der Waals surface area contributed by atoms with Crippen molar-refractivity contribution in [2.24, 2.45) is 5.92 Å². The summed E-state index contributed by atoms with van der Waals surface area (Å²) in [5, 5.41) is 9.80. The van der Waals surface area contributed by atoms with Crippen LogP contribution >= 0.6 is 0 Å². The van der Waals surface area contributed by atoms with E-state index in [2.05, 4.69) is 24.3 Å². The van der Waals surface area contributed by atoms with Gasteiger partial charge in [0.1, 0.15) is 0 Å². The van der Waals surface area contributed by atoms with Crippen LogP contribution in [0.5, 0.6) is 0 Å². The Labute approximate surface area is 104 Å². The molecule has 0 saturated heterocycles. The molecule has 0 heterocycles. The Morgan fingerprint density at radius 3 is 2.71 bits per heavy atom. The van der Waals surface area contributed by atoms with Crippen molar-refractivity contribution < 1.29 is 9.84 Å². The molecule has 0 amide bonds. The van der Waals surface area contributed by atoms with Gasteiger partial charge in [-0.2, -0.15) is 0 Å². The number of benzene rings is 1. The second-order valence-corrected chi connectivity index (χ2v) is 5.05. The molecule has 1 saturated carbocycles. The molecule has 1 aromatic carbocycles. The molecular formula is C15H22O2. The molecule has 1 N–H and O–H groups in total. The van der Waals surface area contributed by atoms with E-state index in [1.807, 2.05) is 6.07 Å². The fourth-order valence-corrected chi connectivity index (χ4v) is 2.95. The largest absolute Gasteiger partial charge is 0.393 e. The summed E-state index contributed by atoms with van der Waals surface area (Å²) in [7, 11) is 1.76. The molecule has 2 nitrogen and oxygen atoms in total. The van der Waals surface area contributed by atoms with Gasteiger partial charge in [-0.05, 0) is 30.7 Å². The van der Waals surface area contributed by atoms with E-state index in [1.165, 1.54) is 12.0 Å². The molecule has 2 rings (SSSR count). The molecule has 0 radical (unpaired) electrons. The highest BCUT2D eigenvalue weighted by atomic mass is 16.5. The minimum absolute atomic E-state index is 0.114. The highest BCUT2D eigenvalue weighted by Crippen LogP contribution is 2.36. The van der Waals surface area contributed by atoms with Crippen molar-refractivity contribution >= 4 is 0 Å². The van der Waals surface area contributed by atoms with Gasteiger partial charge in [-0.25, -0.2) is 0 Å². The third-order valence-corrected chi connectivity index (χ3v) is 3.83. The van der Waals surface area contributed by atoms with E-state index in [0.717, 1.165) is 25.9 Å². The van der Waals surface area contributed by atoms with Crippen LogP contribution < -0.4 is 0 Å². The smallest absolute Gasteiger partial charge is 0.0543 e.